The molecule has 0 N–H and O–H groups in total. The van der Waals surface area contributed by atoms with Crippen LogP contribution in [0.4, 0.5) is 0 Å². The SMILES string of the molecule is CCC(c1ccc(OC)cc1OC1CCc2ccccc21)N1C(=O)c2ccccc2C1=O. The third-order valence-corrected chi connectivity index (χ3v) is 6.45. The summed E-state index contributed by atoms with van der Waals surface area (Å²) in [5, 5.41) is 0. The number of amides is 2. The van der Waals surface area contributed by atoms with Crippen LogP contribution in [0.2, 0.25) is 0 Å². The summed E-state index contributed by atoms with van der Waals surface area (Å²) in [6, 6.07) is 20.5. The van der Waals surface area contributed by atoms with E-state index < -0.39 is 6.04 Å². The molecule has 0 saturated carbocycles. The van der Waals surface area contributed by atoms with Crippen molar-refractivity contribution >= 4 is 11.8 Å². The molecule has 0 saturated heterocycles. The van der Waals surface area contributed by atoms with Crippen LogP contribution in [-0.4, -0.2) is 23.8 Å². The molecule has 1 heterocycles. The van der Waals surface area contributed by atoms with Gasteiger partial charge < -0.3 is 9.47 Å². The minimum Gasteiger partial charge on any atom is -0.497 e. The number of nitrogens with zero attached hydrogens (tertiary/aromatic N) is 1. The molecule has 3 aromatic rings. The summed E-state index contributed by atoms with van der Waals surface area (Å²) in [5.74, 6) is 0.803. The quantitative estimate of drug-likeness (QED) is 0.487. The average molecular weight is 428 g/mol. The van der Waals surface area contributed by atoms with Gasteiger partial charge in [0.25, 0.3) is 11.8 Å². The fourth-order valence-electron chi connectivity index (χ4n) is 4.85. The van der Waals surface area contributed by atoms with Crippen molar-refractivity contribution in [3.05, 3.63) is 94.5 Å². The first kappa shape index (κ1) is 20.3. The number of carbonyl (C=O) groups excluding carboxylic acids is 2. The lowest BCUT2D eigenvalue weighted by molar-refractivity contribution is 0.0574. The Hall–Kier alpha value is -3.60. The summed E-state index contributed by atoms with van der Waals surface area (Å²) in [6.07, 6.45) is 2.36. The molecule has 2 unspecified atom stereocenters. The number of aryl methyl sites for hydroxylation is 1. The largest absolute Gasteiger partial charge is 0.497 e. The third-order valence-electron chi connectivity index (χ3n) is 6.45. The van der Waals surface area contributed by atoms with Crippen LogP contribution in [0.15, 0.2) is 66.7 Å². The van der Waals surface area contributed by atoms with E-state index in [9.17, 15) is 9.59 Å². The second-order valence-electron chi connectivity index (χ2n) is 8.20. The van der Waals surface area contributed by atoms with Gasteiger partial charge in [0, 0.05) is 11.6 Å². The van der Waals surface area contributed by atoms with Crippen molar-refractivity contribution in [3.63, 3.8) is 0 Å². The lowest BCUT2D eigenvalue weighted by atomic mass is 10.0. The van der Waals surface area contributed by atoms with Crippen molar-refractivity contribution in [2.75, 3.05) is 7.11 Å². The third kappa shape index (κ3) is 3.25. The summed E-state index contributed by atoms with van der Waals surface area (Å²) < 4.78 is 12.0. The van der Waals surface area contributed by atoms with Crippen molar-refractivity contribution in [2.24, 2.45) is 0 Å². The second-order valence-corrected chi connectivity index (χ2v) is 8.20. The fourth-order valence-corrected chi connectivity index (χ4v) is 4.85. The van der Waals surface area contributed by atoms with Gasteiger partial charge in [0.15, 0.2) is 0 Å². The van der Waals surface area contributed by atoms with Crippen LogP contribution in [0.1, 0.15) is 69.3 Å². The summed E-state index contributed by atoms with van der Waals surface area (Å²) in [5.41, 5.74) is 4.21. The van der Waals surface area contributed by atoms with E-state index in [1.54, 1.807) is 31.4 Å². The van der Waals surface area contributed by atoms with E-state index in [4.69, 9.17) is 9.47 Å². The molecule has 0 fully saturated rings. The maximum Gasteiger partial charge on any atom is 0.262 e. The van der Waals surface area contributed by atoms with Crippen molar-refractivity contribution < 1.29 is 19.1 Å². The minimum atomic E-state index is -0.431. The smallest absolute Gasteiger partial charge is 0.262 e. The monoisotopic (exact) mass is 427 g/mol. The van der Waals surface area contributed by atoms with E-state index in [1.807, 2.05) is 37.3 Å². The highest BCUT2D eigenvalue weighted by Crippen LogP contribution is 2.42. The highest BCUT2D eigenvalue weighted by Gasteiger charge is 2.40. The number of rotatable bonds is 6. The molecular formula is C27H25NO4. The molecule has 5 rings (SSSR count). The molecule has 0 aromatic heterocycles. The van der Waals surface area contributed by atoms with E-state index >= 15 is 0 Å². The standard InChI is InChI=1S/C27H25NO4/c1-3-23(28-26(29)20-10-6-7-11-21(20)27(28)30)22-14-13-18(31-2)16-25(22)32-24-15-12-17-8-4-5-9-19(17)24/h4-11,13-14,16,23-24H,3,12,15H2,1-2H3. The average Bonchev–Trinajstić information content (AvgIpc) is 3.35. The maximum absolute atomic E-state index is 13.2. The van der Waals surface area contributed by atoms with Crippen molar-refractivity contribution in [1.29, 1.82) is 0 Å². The van der Waals surface area contributed by atoms with Crippen LogP contribution in [0.25, 0.3) is 0 Å². The Kier molecular flexibility index (Phi) is 5.17. The van der Waals surface area contributed by atoms with Crippen LogP contribution in [-0.2, 0) is 6.42 Å². The van der Waals surface area contributed by atoms with Crippen LogP contribution in [0, 0.1) is 0 Å². The molecule has 3 aromatic carbocycles. The van der Waals surface area contributed by atoms with Gasteiger partial charge in [-0.1, -0.05) is 43.3 Å². The van der Waals surface area contributed by atoms with Gasteiger partial charge in [-0.2, -0.15) is 0 Å². The molecule has 1 aliphatic carbocycles. The molecule has 0 bridgehead atoms. The second kappa shape index (κ2) is 8.15. The van der Waals surface area contributed by atoms with Crippen LogP contribution in [0.5, 0.6) is 11.5 Å². The van der Waals surface area contributed by atoms with Crippen LogP contribution < -0.4 is 9.47 Å². The first-order chi connectivity index (χ1) is 15.6. The molecule has 2 amide bonds. The Labute approximate surface area is 187 Å². The van der Waals surface area contributed by atoms with Crippen molar-refractivity contribution in [1.82, 2.24) is 4.90 Å². The van der Waals surface area contributed by atoms with E-state index in [0.717, 1.165) is 18.4 Å². The number of fused-ring (bicyclic) bond motifs is 2. The lowest BCUT2D eigenvalue weighted by Gasteiger charge is -2.28. The molecule has 162 valence electrons. The number of methoxy groups -OCH3 is 1. The Morgan fingerprint density at radius 1 is 0.969 bits per heavy atom. The molecule has 0 radical (unpaired) electrons. The molecule has 2 aliphatic rings. The molecule has 1 aliphatic heterocycles. The highest BCUT2D eigenvalue weighted by atomic mass is 16.5. The van der Waals surface area contributed by atoms with Gasteiger partial charge in [0.05, 0.1) is 24.3 Å². The number of ether oxygens (including phenoxy) is 2. The van der Waals surface area contributed by atoms with Crippen LogP contribution in [0.3, 0.4) is 0 Å². The van der Waals surface area contributed by atoms with Crippen LogP contribution >= 0.6 is 0 Å². The molecule has 32 heavy (non-hydrogen) atoms. The number of benzene rings is 3. The normalized spacial score (nSPS) is 17.8. The van der Waals surface area contributed by atoms with Gasteiger partial charge in [-0.05, 0) is 54.7 Å². The van der Waals surface area contributed by atoms with Gasteiger partial charge in [-0.3, -0.25) is 14.5 Å². The minimum absolute atomic E-state index is 0.0725. The van der Waals surface area contributed by atoms with Crippen molar-refractivity contribution in [2.45, 2.75) is 38.3 Å². The molecule has 0 spiro atoms. The van der Waals surface area contributed by atoms with Gasteiger partial charge in [0.2, 0.25) is 0 Å². The Balaban J connectivity index is 1.53. The number of hydrogen-bond donors (Lipinski definition) is 0. The van der Waals surface area contributed by atoms with Gasteiger partial charge >= 0.3 is 0 Å². The highest BCUT2D eigenvalue weighted by molar-refractivity contribution is 6.21. The zero-order valence-electron chi connectivity index (χ0n) is 18.2. The summed E-state index contributed by atoms with van der Waals surface area (Å²) in [6.45, 7) is 1.98. The summed E-state index contributed by atoms with van der Waals surface area (Å²) in [7, 11) is 1.62. The Bertz CT molecular complexity index is 1170. The molecule has 2 atom stereocenters. The van der Waals surface area contributed by atoms with Crippen molar-refractivity contribution in [3.8, 4) is 11.5 Å². The Morgan fingerprint density at radius 3 is 2.34 bits per heavy atom. The van der Waals surface area contributed by atoms with Gasteiger partial charge in [-0.15, -0.1) is 0 Å². The Morgan fingerprint density at radius 2 is 1.66 bits per heavy atom. The number of imide groups is 1. The van der Waals surface area contributed by atoms with E-state index in [-0.39, 0.29) is 17.9 Å². The maximum atomic E-state index is 13.2. The summed E-state index contributed by atoms with van der Waals surface area (Å²) in [4.78, 5) is 27.7. The van der Waals surface area contributed by atoms with E-state index in [1.165, 1.54) is 16.0 Å². The van der Waals surface area contributed by atoms with Gasteiger partial charge in [-0.25, -0.2) is 0 Å². The molecule has 5 heteroatoms. The first-order valence-electron chi connectivity index (χ1n) is 11.0. The number of carbonyl (C=O) groups is 2. The number of hydrogen-bond acceptors (Lipinski definition) is 4. The lowest BCUT2D eigenvalue weighted by Crippen LogP contribution is -2.34. The molecular weight excluding hydrogens is 402 g/mol. The van der Waals surface area contributed by atoms with E-state index in [2.05, 4.69) is 12.1 Å². The zero-order chi connectivity index (χ0) is 22.2. The summed E-state index contributed by atoms with van der Waals surface area (Å²) >= 11 is 0. The van der Waals surface area contributed by atoms with E-state index in [0.29, 0.717) is 29.0 Å². The first-order valence-corrected chi connectivity index (χ1v) is 11.0. The molecule has 5 nitrogen and oxygen atoms in total. The fraction of sp³-hybridized carbons (Fsp3) is 0.259. The van der Waals surface area contributed by atoms with Gasteiger partial charge in [0.1, 0.15) is 17.6 Å². The predicted octanol–water partition coefficient (Wildman–Crippen LogP) is 5.51. The topological polar surface area (TPSA) is 55.8 Å². The predicted molar refractivity (Wildman–Crippen MR) is 121 cm³/mol. The zero-order valence-corrected chi connectivity index (χ0v) is 18.2.